The summed E-state index contributed by atoms with van der Waals surface area (Å²) in [5, 5.41) is 3.77. The molecule has 9 heteroatoms. The minimum Gasteiger partial charge on any atom is -0.497 e. The van der Waals surface area contributed by atoms with E-state index in [-0.39, 0.29) is 11.9 Å². The number of likely N-dealkylation sites (N-methyl/N-ethyl adjacent to an activating group) is 1. The van der Waals surface area contributed by atoms with Gasteiger partial charge in [0.25, 0.3) is 5.91 Å². The summed E-state index contributed by atoms with van der Waals surface area (Å²) in [5.74, 6) is 1.91. The Bertz CT molecular complexity index is 1130. The van der Waals surface area contributed by atoms with Crippen LogP contribution in [0.3, 0.4) is 0 Å². The van der Waals surface area contributed by atoms with Gasteiger partial charge in [0, 0.05) is 43.2 Å². The molecule has 3 heterocycles. The Balaban J connectivity index is 1.62. The highest BCUT2D eigenvalue weighted by Gasteiger charge is 2.54. The van der Waals surface area contributed by atoms with Crippen LogP contribution in [0.15, 0.2) is 40.4 Å². The first kappa shape index (κ1) is 25.6. The van der Waals surface area contributed by atoms with Crippen molar-refractivity contribution in [2.75, 3.05) is 33.9 Å². The lowest BCUT2D eigenvalue weighted by Gasteiger charge is -2.44. The van der Waals surface area contributed by atoms with Crippen LogP contribution < -0.4 is 9.47 Å². The maximum Gasteiger partial charge on any atom is 0.325 e. The van der Waals surface area contributed by atoms with Gasteiger partial charge in [-0.1, -0.05) is 11.2 Å². The molecule has 0 aliphatic carbocycles. The van der Waals surface area contributed by atoms with Gasteiger partial charge in [-0.15, -0.1) is 0 Å². The number of ether oxygens (including phenoxy) is 2. The minimum atomic E-state index is -0.433. The fourth-order valence-electron chi connectivity index (χ4n) is 5.62. The molecule has 36 heavy (non-hydrogen) atoms. The van der Waals surface area contributed by atoms with Crippen LogP contribution in [-0.2, 0) is 22.6 Å². The van der Waals surface area contributed by atoms with E-state index in [1.807, 2.05) is 33.8 Å². The zero-order valence-electron chi connectivity index (χ0n) is 22.1. The monoisotopic (exact) mass is 496 g/mol. The Morgan fingerprint density at radius 1 is 1.17 bits per heavy atom. The second kappa shape index (κ2) is 10.2. The first-order valence-corrected chi connectivity index (χ1v) is 12.5. The van der Waals surface area contributed by atoms with Gasteiger partial charge in [-0.3, -0.25) is 9.69 Å². The molecule has 4 rings (SSSR count). The smallest absolute Gasteiger partial charge is 0.325 e. The largest absolute Gasteiger partial charge is 0.497 e. The molecular weight excluding hydrogens is 460 g/mol. The number of allylic oxidation sites excluding steroid dienone is 2. The number of benzene rings is 1. The molecule has 1 aromatic carbocycles. The molecule has 3 aliphatic heterocycles. The molecular formula is C27H36N4O5. The quantitative estimate of drug-likeness (QED) is 0.257. The number of rotatable bonds is 6. The van der Waals surface area contributed by atoms with E-state index in [4.69, 9.17) is 14.3 Å². The van der Waals surface area contributed by atoms with Gasteiger partial charge in [0.1, 0.15) is 17.3 Å². The standard InChI is InChI=1S/C27H36N4O5/c1-7-28-36-19(4)18(3)25(32)29-13-11-27(12-14-29)24-10-9-22-20(15-21(34-5)16-23(22)35-6)17-30(24)26(33)31(27)8-2/h7,10,15-16H,8-9,11-14,17H2,1-6H3/b19-18+,28-7-. The molecule has 9 nitrogen and oxygen atoms in total. The second-order valence-electron chi connectivity index (χ2n) is 9.33. The minimum absolute atomic E-state index is 0.0101. The lowest BCUT2D eigenvalue weighted by molar-refractivity contribution is -0.129. The summed E-state index contributed by atoms with van der Waals surface area (Å²) >= 11 is 0. The van der Waals surface area contributed by atoms with Gasteiger partial charge in [-0.2, -0.15) is 0 Å². The molecule has 3 amide bonds. The number of carbonyl (C=O) groups is 2. The summed E-state index contributed by atoms with van der Waals surface area (Å²) in [6.07, 6.45) is 5.74. The number of oxime groups is 1. The zero-order chi connectivity index (χ0) is 26.0. The average Bonchev–Trinajstić information content (AvgIpc) is 3.02. The Hall–Kier alpha value is -3.49. The molecule has 0 radical (unpaired) electrons. The normalized spacial score (nSPS) is 19.6. The number of nitrogens with zero attached hydrogens (tertiary/aromatic N) is 4. The predicted octanol–water partition coefficient (Wildman–Crippen LogP) is 4.08. The number of hydrogen-bond donors (Lipinski definition) is 0. The van der Waals surface area contributed by atoms with E-state index in [2.05, 4.69) is 11.2 Å². The van der Waals surface area contributed by atoms with Crippen molar-refractivity contribution in [2.45, 2.75) is 59.0 Å². The SMILES string of the molecule is C/C=N\O/C(C)=C(\C)C(=O)N1CCC2(CC1)C1=CCc3c(cc(OC)cc3OC)CN1C(=O)N2CC. The van der Waals surface area contributed by atoms with Gasteiger partial charge in [0.15, 0.2) is 0 Å². The molecule has 194 valence electrons. The van der Waals surface area contributed by atoms with Gasteiger partial charge in [0.2, 0.25) is 0 Å². The first-order chi connectivity index (χ1) is 17.3. The Morgan fingerprint density at radius 2 is 1.89 bits per heavy atom. The zero-order valence-corrected chi connectivity index (χ0v) is 22.1. The van der Waals surface area contributed by atoms with Crippen LogP contribution >= 0.6 is 0 Å². The topological polar surface area (TPSA) is 83.9 Å². The van der Waals surface area contributed by atoms with Crippen molar-refractivity contribution in [2.24, 2.45) is 5.16 Å². The van der Waals surface area contributed by atoms with Crippen molar-refractivity contribution in [1.82, 2.24) is 14.7 Å². The van der Waals surface area contributed by atoms with Crippen molar-refractivity contribution in [3.05, 3.63) is 46.4 Å². The second-order valence-corrected chi connectivity index (χ2v) is 9.33. The number of piperidine rings is 1. The van der Waals surface area contributed by atoms with Crippen molar-refractivity contribution in [1.29, 1.82) is 0 Å². The van der Waals surface area contributed by atoms with E-state index >= 15 is 0 Å². The van der Waals surface area contributed by atoms with Crippen LogP contribution in [0.5, 0.6) is 11.5 Å². The number of likely N-dealkylation sites (tertiary alicyclic amines) is 1. The van der Waals surface area contributed by atoms with Gasteiger partial charge in [0.05, 0.1) is 31.9 Å². The molecule has 3 aliphatic rings. The molecule has 0 unspecified atom stereocenters. The first-order valence-electron chi connectivity index (χ1n) is 12.5. The molecule has 0 atom stereocenters. The van der Waals surface area contributed by atoms with Crippen molar-refractivity contribution in [3.63, 3.8) is 0 Å². The van der Waals surface area contributed by atoms with E-state index in [0.717, 1.165) is 22.6 Å². The third kappa shape index (κ3) is 4.20. The number of methoxy groups -OCH3 is 2. The Kier molecular flexibility index (Phi) is 7.28. The van der Waals surface area contributed by atoms with Crippen molar-refractivity contribution >= 4 is 18.2 Å². The molecule has 2 saturated heterocycles. The van der Waals surface area contributed by atoms with Crippen LogP contribution in [0.1, 0.15) is 51.7 Å². The highest BCUT2D eigenvalue weighted by Crippen LogP contribution is 2.46. The predicted molar refractivity (Wildman–Crippen MR) is 137 cm³/mol. The molecule has 0 N–H and O–H groups in total. The summed E-state index contributed by atoms with van der Waals surface area (Å²) in [6.45, 7) is 9.47. The fraction of sp³-hybridized carbons (Fsp3) is 0.519. The summed E-state index contributed by atoms with van der Waals surface area (Å²) in [7, 11) is 3.29. The lowest BCUT2D eigenvalue weighted by atomic mass is 9.83. The van der Waals surface area contributed by atoms with Crippen LogP contribution in [0.2, 0.25) is 0 Å². The lowest BCUT2D eigenvalue weighted by Crippen LogP contribution is -2.54. The molecule has 0 aromatic heterocycles. The number of amides is 3. The maximum absolute atomic E-state index is 13.7. The van der Waals surface area contributed by atoms with Gasteiger partial charge in [-0.25, -0.2) is 4.79 Å². The number of urea groups is 1. The van der Waals surface area contributed by atoms with Crippen LogP contribution in [0.25, 0.3) is 0 Å². The third-order valence-electron chi connectivity index (χ3n) is 7.64. The third-order valence-corrected chi connectivity index (χ3v) is 7.64. The van der Waals surface area contributed by atoms with E-state index in [1.54, 1.807) is 41.2 Å². The summed E-state index contributed by atoms with van der Waals surface area (Å²) in [6, 6.07) is 3.89. The number of hydrogen-bond acceptors (Lipinski definition) is 6. The molecule has 1 aromatic rings. The van der Waals surface area contributed by atoms with Crippen molar-refractivity contribution < 1.29 is 23.9 Å². The fourth-order valence-corrected chi connectivity index (χ4v) is 5.62. The summed E-state index contributed by atoms with van der Waals surface area (Å²) in [5.41, 5.74) is 3.24. The van der Waals surface area contributed by atoms with Crippen LogP contribution in [-0.4, -0.2) is 72.2 Å². The molecule has 0 saturated carbocycles. The molecule has 2 fully saturated rings. The highest BCUT2D eigenvalue weighted by atomic mass is 16.6. The van der Waals surface area contributed by atoms with Crippen molar-refractivity contribution in [3.8, 4) is 11.5 Å². The van der Waals surface area contributed by atoms with E-state index < -0.39 is 5.54 Å². The van der Waals surface area contributed by atoms with Gasteiger partial charge in [-0.05, 0) is 58.6 Å². The average molecular weight is 497 g/mol. The van der Waals surface area contributed by atoms with Gasteiger partial charge >= 0.3 is 6.03 Å². The van der Waals surface area contributed by atoms with Crippen LogP contribution in [0, 0.1) is 0 Å². The van der Waals surface area contributed by atoms with Gasteiger partial charge < -0.3 is 24.1 Å². The summed E-state index contributed by atoms with van der Waals surface area (Å²) < 4.78 is 11.1. The Morgan fingerprint density at radius 3 is 2.50 bits per heavy atom. The van der Waals surface area contributed by atoms with E-state index in [1.165, 1.54) is 0 Å². The highest BCUT2D eigenvalue weighted by molar-refractivity contribution is 5.93. The number of carbonyl (C=O) groups excluding carboxylic acids is 2. The Labute approximate surface area is 212 Å². The molecule has 1 spiro atoms. The summed E-state index contributed by atoms with van der Waals surface area (Å²) in [4.78, 5) is 37.8. The van der Waals surface area contributed by atoms with E-state index in [9.17, 15) is 9.59 Å². The number of fused-ring (bicyclic) bond motifs is 3. The van der Waals surface area contributed by atoms with Crippen LogP contribution in [0.4, 0.5) is 4.79 Å². The van der Waals surface area contributed by atoms with E-state index in [0.29, 0.717) is 62.5 Å². The molecule has 0 bridgehead atoms. The maximum atomic E-state index is 13.7.